The molecular weight excluding hydrogens is 354 g/mol. The van der Waals surface area contributed by atoms with E-state index in [4.69, 9.17) is 0 Å². The van der Waals surface area contributed by atoms with Gasteiger partial charge in [0, 0.05) is 25.8 Å². The Bertz CT molecular complexity index is 1170. The fourth-order valence-electron chi connectivity index (χ4n) is 3.60. The van der Waals surface area contributed by atoms with Crippen LogP contribution in [0, 0.1) is 11.6 Å². The van der Waals surface area contributed by atoms with E-state index >= 15 is 4.39 Å². The molecule has 4 rings (SSSR count). The van der Waals surface area contributed by atoms with Crippen LogP contribution in [0.5, 0.6) is 0 Å². The third kappa shape index (κ3) is 2.62. The summed E-state index contributed by atoms with van der Waals surface area (Å²) in [5.74, 6) is -3.19. The van der Waals surface area contributed by atoms with Gasteiger partial charge in [0.15, 0.2) is 5.82 Å². The molecule has 3 aromatic rings. The number of carboxylic acid groups (broad SMARTS) is 1. The number of hydrogen-bond donors (Lipinski definition) is 2. The first-order chi connectivity index (χ1) is 12.9. The van der Waals surface area contributed by atoms with E-state index in [0.29, 0.717) is 18.7 Å². The Hall–Kier alpha value is -3.06. The summed E-state index contributed by atoms with van der Waals surface area (Å²) in [7, 11) is 0. The topological polar surface area (TPSA) is 71.3 Å². The molecule has 5 nitrogen and oxygen atoms in total. The predicted molar refractivity (Wildman–Crippen MR) is 96.7 cm³/mol. The van der Waals surface area contributed by atoms with Crippen LogP contribution in [0.1, 0.15) is 28.4 Å². The van der Waals surface area contributed by atoms with Crippen molar-refractivity contribution in [2.75, 3.05) is 0 Å². The lowest BCUT2D eigenvalue weighted by Gasteiger charge is -2.15. The van der Waals surface area contributed by atoms with Crippen LogP contribution in [0.3, 0.4) is 0 Å². The Balaban J connectivity index is 2.05. The minimum atomic E-state index is -1.43. The monoisotopic (exact) mass is 370 g/mol. The van der Waals surface area contributed by atoms with Crippen molar-refractivity contribution in [2.45, 2.75) is 26.6 Å². The van der Waals surface area contributed by atoms with E-state index < -0.39 is 28.6 Å². The lowest BCUT2D eigenvalue weighted by Crippen LogP contribution is -2.20. The van der Waals surface area contributed by atoms with Crippen molar-refractivity contribution < 1.29 is 18.7 Å². The van der Waals surface area contributed by atoms with Gasteiger partial charge in [0.1, 0.15) is 11.4 Å². The van der Waals surface area contributed by atoms with E-state index in [2.05, 4.69) is 5.32 Å². The highest BCUT2D eigenvalue weighted by molar-refractivity contribution is 5.94. The van der Waals surface area contributed by atoms with Crippen molar-refractivity contribution in [2.24, 2.45) is 0 Å². The number of pyridine rings is 1. The zero-order valence-electron chi connectivity index (χ0n) is 14.5. The molecule has 138 valence electrons. The Kier molecular flexibility index (Phi) is 4.04. The second-order valence-electron chi connectivity index (χ2n) is 6.49. The highest BCUT2D eigenvalue weighted by atomic mass is 19.1. The third-order valence-corrected chi connectivity index (χ3v) is 4.95. The van der Waals surface area contributed by atoms with Crippen molar-refractivity contribution in [1.82, 2.24) is 9.88 Å². The van der Waals surface area contributed by atoms with Crippen molar-refractivity contribution in [3.05, 3.63) is 69.0 Å². The number of carbonyl (C=O) groups is 1. The van der Waals surface area contributed by atoms with Gasteiger partial charge >= 0.3 is 5.97 Å². The number of nitrogens with one attached hydrogen (secondary N) is 1. The Labute approximate surface area is 152 Å². The van der Waals surface area contributed by atoms with Gasteiger partial charge in [-0.05, 0) is 35.7 Å². The molecule has 0 saturated carbocycles. The molecule has 1 aromatic heterocycles. The SMILES string of the molecule is CCn1cc(C(=O)O)c(=O)c2cc(F)c(-c3ccc4c(c3)CNC4)c(F)c21. The summed E-state index contributed by atoms with van der Waals surface area (Å²) in [6.07, 6.45) is 1.10. The molecule has 27 heavy (non-hydrogen) atoms. The first kappa shape index (κ1) is 17.4. The molecule has 0 unspecified atom stereocenters. The number of nitrogens with zero attached hydrogens (tertiary/aromatic N) is 1. The van der Waals surface area contributed by atoms with Crippen molar-refractivity contribution in [3.63, 3.8) is 0 Å². The second-order valence-corrected chi connectivity index (χ2v) is 6.49. The summed E-state index contributed by atoms with van der Waals surface area (Å²) in [5.41, 5.74) is 0.706. The van der Waals surface area contributed by atoms with Gasteiger partial charge < -0.3 is 15.0 Å². The number of carboxylic acids is 1. The number of rotatable bonds is 3. The van der Waals surface area contributed by atoms with E-state index in [-0.39, 0.29) is 23.0 Å². The molecule has 1 aliphatic rings. The fourth-order valence-corrected chi connectivity index (χ4v) is 3.60. The van der Waals surface area contributed by atoms with Crippen LogP contribution >= 0.6 is 0 Å². The molecule has 0 bridgehead atoms. The first-order valence-corrected chi connectivity index (χ1v) is 8.53. The fraction of sp³-hybridized carbons (Fsp3) is 0.200. The zero-order chi connectivity index (χ0) is 19.3. The lowest BCUT2D eigenvalue weighted by molar-refractivity contribution is 0.0695. The average Bonchev–Trinajstić information content (AvgIpc) is 3.10. The maximum absolute atomic E-state index is 15.4. The molecule has 0 spiro atoms. The second kappa shape index (κ2) is 6.28. The first-order valence-electron chi connectivity index (χ1n) is 8.53. The van der Waals surface area contributed by atoms with Gasteiger partial charge in [0.05, 0.1) is 16.5 Å². The van der Waals surface area contributed by atoms with Crippen molar-refractivity contribution in [3.8, 4) is 11.1 Å². The lowest BCUT2D eigenvalue weighted by atomic mass is 9.97. The summed E-state index contributed by atoms with van der Waals surface area (Å²) in [5, 5.41) is 12.1. The number of fused-ring (bicyclic) bond motifs is 2. The Morgan fingerprint density at radius 3 is 2.67 bits per heavy atom. The van der Waals surface area contributed by atoms with Gasteiger partial charge in [0.25, 0.3) is 0 Å². The maximum atomic E-state index is 15.4. The standard InChI is InChI=1S/C20H16F2N2O3/c1-2-24-9-14(20(26)27)19(25)13-6-15(21)16(17(22)18(13)24)10-3-4-11-7-23-8-12(11)5-10/h3-6,9,23H,2,7-8H2,1H3,(H,26,27). The van der Waals surface area contributed by atoms with Crippen LogP contribution in [0.15, 0.2) is 35.3 Å². The van der Waals surface area contributed by atoms with Crippen LogP contribution in [0.4, 0.5) is 8.78 Å². The molecule has 0 radical (unpaired) electrons. The van der Waals surface area contributed by atoms with Crippen LogP contribution < -0.4 is 10.7 Å². The molecule has 2 heterocycles. The van der Waals surface area contributed by atoms with E-state index in [1.807, 2.05) is 6.07 Å². The minimum absolute atomic E-state index is 0.0949. The molecule has 2 N–H and O–H groups in total. The van der Waals surface area contributed by atoms with E-state index in [9.17, 15) is 19.1 Å². The highest BCUT2D eigenvalue weighted by Gasteiger charge is 2.23. The van der Waals surface area contributed by atoms with Crippen LogP contribution in [0.25, 0.3) is 22.0 Å². The van der Waals surface area contributed by atoms with Gasteiger partial charge in [0.2, 0.25) is 5.43 Å². The maximum Gasteiger partial charge on any atom is 0.341 e. The largest absolute Gasteiger partial charge is 0.477 e. The van der Waals surface area contributed by atoms with Crippen LogP contribution in [0.2, 0.25) is 0 Å². The van der Waals surface area contributed by atoms with Crippen LogP contribution in [-0.4, -0.2) is 15.6 Å². The number of aromatic nitrogens is 1. The summed E-state index contributed by atoms with van der Waals surface area (Å²) >= 11 is 0. The Morgan fingerprint density at radius 2 is 1.96 bits per heavy atom. The van der Waals surface area contributed by atoms with Crippen molar-refractivity contribution >= 4 is 16.9 Å². The highest BCUT2D eigenvalue weighted by Crippen LogP contribution is 2.33. The van der Waals surface area contributed by atoms with Gasteiger partial charge in [-0.15, -0.1) is 0 Å². The van der Waals surface area contributed by atoms with E-state index in [1.54, 1.807) is 19.1 Å². The molecule has 0 aliphatic carbocycles. The third-order valence-electron chi connectivity index (χ3n) is 4.95. The molecular formula is C20H16F2N2O3. The van der Waals surface area contributed by atoms with E-state index in [1.165, 1.54) is 4.57 Å². The summed E-state index contributed by atoms with van der Waals surface area (Å²) < 4.78 is 31.5. The summed E-state index contributed by atoms with van der Waals surface area (Å²) in [6, 6.07) is 6.15. The van der Waals surface area contributed by atoms with Gasteiger partial charge in [-0.25, -0.2) is 13.6 Å². The summed E-state index contributed by atoms with van der Waals surface area (Å²) in [6.45, 7) is 3.26. The van der Waals surface area contributed by atoms with E-state index in [0.717, 1.165) is 23.4 Å². The number of aromatic carboxylic acids is 1. The normalized spacial score (nSPS) is 13.1. The number of hydrogen-bond acceptors (Lipinski definition) is 3. The molecule has 0 fully saturated rings. The minimum Gasteiger partial charge on any atom is -0.477 e. The molecule has 2 aromatic carbocycles. The zero-order valence-corrected chi connectivity index (χ0v) is 14.5. The number of halogens is 2. The van der Waals surface area contributed by atoms with Gasteiger partial charge in [-0.3, -0.25) is 4.79 Å². The quantitative estimate of drug-likeness (QED) is 0.742. The predicted octanol–water partition coefficient (Wildman–Crippen LogP) is 3.27. The molecule has 0 saturated heterocycles. The van der Waals surface area contributed by atoms with Gasteiger partial charge in [-0.2, -0.15) is 0 Å². The van der Waals surface area contributed by atoms with Crippen molar-refractivity contribution in [1.29, 1.82) is 0 Å². The average molecular weight is 370 g/mol. The molecule has 7 heteroatoms. The molecule has 0 atom stereocenters. The Morgan fingerprint density at radius 1 is 1.22 bits per heavy atom. The van der Waals surface area contributed by atoms with Gasteiger partial charge in [-0.1, -0.05) is 12.1 Å². The number of aryl methyl sites for hydroxylation is 1. The smallest absolute Gasteiger partial charge is 0.341 e. The summed E-state index contributed by atoms with van der Waals surface area (Å²) in [4.78, 5) is 23.7. The molecule has 1 aliphatic heterocycles. The van der Waals surface area contributed by atoms with Crippen LogP contribution in [-0.2, 0) is 19.6 Å². The molecule has 0 amide bonds. The number of benzene rings is 2.